The van der Waals surface area contributed by atoms with Crippen molar-refractivity contribution >= 4 is 31.9 Å². The molecule has 182 valence electrons. The number of hydrogen-bond acceptors (Lipinski definition) is 2. The van der Waals surface area contributed by atoms with Gasteiger partial charge in [0.1, 0.15) is 0 Å². The summed E-state index contributed by atoms with van der Waals surface area (Å²) in [4.78, 5) is 26.8. The van der Waals surface area contributed by atoms with E-state index in [2.05, 4.69) is 52.3 Å². The van der Waals surface area contributed by atoms with Gasteiger partial charge in [0.05, 0.1) is 22.5 Å². The fraction of sp³-hybridized carbons (Fsp3) is 0.143. The van der Waals surface area contributed by atoms with Crippen molar-refractivity contribution in [1.82, 2.24) is 20.4 Å². The van der Waals surface area contributed by atoms with Crippen LogP contribution in [0.15, 0.2) is 79.2 Å². The summed E-state index contributed by atoms with van der Waals surface area (Å²) in [6.45, 7) is 6.03. The Labute approximate surface area is 224 Å². The van der Waals surface area contributed by atoms with E-state index in [0.717, 1.165) is 42.3 Å². The summed E-state index contributed by atoms with van der Waals surface area (Å²) in [5.74, 6) is -0.657. The first-order valence-corrected chi connectivity index (χ1v) is 13.0. The van der Waals surface area contributed by atoms with Gasteiger partial charge >= 0.3 is 0 Å². The van der Waals surface area contributed by atoms with Crippen molar-refractivity contribution in [2.75, 3.05) is 0 Å². The molecule has 0 unspecified atom stereocenters. The van der Waals surface area contributed by atoms with Crippen molar-refractivity contribution in [3.63, 3.8) is 0 Å². The zero-order valence-electron chi connectivity index (χ0n) is 19.9. The van der Waals surface area contributed by atoms with Crippen molar-refractivity contribution in [1.29, 1.82) is 0 Å². The second-order valence-corrected chi connectivity index (χ2v) is 10.7. The van der Waals surface area contributed by atoms with Crippen LogP contribution in [0.2, 0.25) is 0 Å². The zero-order chi connectivity index (χ0) is 25.6. The zero-order valence-corrected chi connectivity index (χ0v) is 23.1. The van der Waals surface area contributed by atoms with Crippen LogP contribution in [0.25, 0.3) is 22.5 Å². The molecule has 0 fully saturated rings. The van der Waals surface area contributed by atoms with Crippen molar-refractivity contribution in [3.8, 4) is 22.5 Å². The highest BCUT2D eigenvalue weighted by atomic mass is 79.9. The molecule has 6 nitrogen and oxygen atoms in total. The van der Waals surface area contributed by atoms with Crippen LogP contribution in [-0.4, -0.2) is 20.4 Å². The van der Waals surface area contributed by atoms with E-state index >= 15 is 0 Å². The molecule has 8 heteroatoms. The molecule has 0 radical (unpaired) electrons. The molecule has 0 atom stereocenters. The average molecular weight is 608 g/mol. The lowest BCUT2D eigenvalue weighted by Crippen LogP contribution is -2.20. The van der Waals surface area contributed by atoms with Gasteiger partial charge in [-0.05, 0) is 55.2 Å². The number of H-pyrrole nitrogens is 4. The second-order valence-electron chi connectivity index (χ2n) is 9.01. The lowest BCUT2D eigenvalue weighted by atomic mass is 9.82. The van der Waals surface area contributed by atoms with E-state index in [1.807, 2.05) is 81.4 Å². The van der Waals surface area contributed by atoms with Crippen LogP contribution in [0.5, 0.6) is 0 Å². The minimum Gasteiger partial charge on any atom is -0.297 e. The molecule has 0 saturated carbocycles. The van der Waals surface area contributed by atoms with Gasteiger partial charge in [0.2, 0.25) is 0 Å². The first-order valence-electron chi connectivity index (χ1n) is 11.4. The molecule has 0 saturated heterocycles. The van der Waals surface area contributed by atoms with Crippen LogP contribution in [0.3, 0.4) is 0 Å². The normalized spacial score (nSPS) is 11.4. The van der Waals surface area contributed by atoms with E-state index in [1.54, 1.807) is 0 Å². The number of aryl methyl sites for hydroxylation is 2. The molecule has 0 aliphatic carbocycles. The summed E-state index contributed by atoms with van der Waals surface area (Å²) in [5.41, 5.74) is 7.45. The Kier molecular flexibility index (Phi) is 6.49. The minimum absolute atomic E-state index is 0.279. The predicted molar refractivity (Wildman–Crippen MR) is 151 cm³/mol. The molecular weight excluding hydrogens is 584 g/mol. The van der Waals surface area contributed by atoms with Gasteiger partial charge in [-0.3, -0.25) is 30.0 Å². The maximum atomic E-state index is 13.4. The Hall–Kier alpha value is -3.36. The summed E-state index contributed by atoms with van der Waals surface area (Å²) in [6, 6.07) is 19.8. The van der Waals surface area contributed by atoms with Gasteiger partial charge in [0, 0.05) is 14.9 Å². The topological polar surface area (TPSA) is 97.3 Å². The third-order valence-corrected chi connectivity index (χ3v) is 8.17. The molecule has 2 aromatic heterocycles. The first-order chi connectivity index (χ1) is 17.2. The molecule has 0 aliphatic heterocycles. The molecule has 5 rings (SSSR count). The maximum Gasteiger partial charge on any atom is 0.268 e. The summed E-state index contributed by atoms with van der Waals surface area (Å²) in [7, 11) is 0. The quantitative estimate of drug-likeness (QED) is 0.179. The van der Waals surface area contributed by atoms with Crippen LogP contribution >= 0.6 is 31.9 Å². The predicted octanol–water partition coefficient (Wildman–Crippen LogP) is 6.68. The number of aromatic amines is 4. The molecule has 0 bridgehead atoms. The fourth-order valence-corrected chi connectivity index (χ4v) is 5.71. The number of aromatic nitrogens is 4. The molecule has 4 N–H and O–H groups in total. The number of benzene rings is 3. The summed E-state index contributed by atoms with van der Waals surface area (Å²) < 4.78 is 1.76. The number of rotatable bonds is 5. The lowest BCUT2D eigenvalue weighted by molar-refractivity contribution is 0.950. The highest BCUT2D eigenvalue weighted by Crippen LogP contribution is 2.40. The summed E-state index contributed by atoms with van der Waals surface area (Å²) in [6.07, 6.45) is 0. The smallest absolute Gasteiger partial charge is 0.268 e. The summed E-state index contributed by atoms with van der Waals surface area (Å²) >= 11 is 7.31. The van der Waals surface area contributed by atoms with E-state index in [1.165, 1.54) is 0 Å². The Morgan fingerprint density at radius 3 is 1.39 bits per heavy atom. The standard InChI is InChI=1S/C28H24Br2N4O2/c1-14-4-8-17(9-5-14)25-23(27(35)33-31-25)22(19-12-20(29)16(3)21(30)13-19)24-26(32-34-28(24)36)18-10-6-15(2)7-11-18/h4-13,22H,1-3H3,(H2,31,33,35)(H2,32,34,36). The van der Waals surface area contributed by atoms with E-state index < -0.39 is 5.92 Å². The molecule has 3 aromatic carbocycles. The van der Waals surface area contributed by atoms with Gasteiger partial charge in [-0.2, -0.15) is 0 Å². The van der Waals surface area contributed by atoms with Crippen molar-refractivity contribution in [2.24, 2.45) is 0 Å². The molecular formula is C28H24Br2N4O2. The van der Waals surface area contributed by atoms with Crippen molar-refractivity contribution in [2.45, 2.75) is 26.7 Å². The Morgan fingerprint density at radius 1 is 0.611 bits per heavy atom. The molecule has 0 spiro atoms. The van der Waals surface area contributed by atoms with Gasteiger partial charge in [-0.25, -0.2) is 0 Å². The molecule has 2 heterocycles. The highest BCUT2D eigenvalue weighted by molar-refractivity contribution is 9.11. The van der Waals surface area contributed by atoms with Crippen molar-refractivity contribution in [3.05, 3.63) is 124 Å². The summed E-state index contributed by atoms with van der Waals surface area (Å²) in [5, 5.41) is 11.7. The maximum absolute atomic E-state index is 13.4. The van der Waals surface area contributed by atoms with Gasteiger partial charge in [-0.1, -0.05) is 91.5 Å². The Balaban J connectivity index is 1.83. The number of hydrogen-bond donors (Lipinski definition) is 4. The van der Waals surface area contributed by atoms with Crippen LogP contribution in [0, 0.1) is 20.8 Å². The Morgan fingerprint density at radius 2 is 1.00 bits per heavy atom. The van der Waals surface area contributed by atoms with Crippen LogP contribution in [0.1, 0.15) is 39.3 Å². The largest absolute Gasteiger partial charge is 0.297 e. The van der Waals surface area contributed by atoms with E-state index in [-0.39, 0.29) is 11.1 Å². The number of halogens is 2. The highest BCUT2D eigenvalue weighted by Gasteiger charge is 2.31. The second kappa shape index (κ2) is 9.59. The number of nitrogens with one attached hydrogen (secondary N) is 4. The lowest BCUT2D eigenvalue weighted by Gasteiger charge is -2.19. The minimum atomic E-state index is -0.657. The van der Waals surface area contributed by atoms with Gasteiger partial charge in [0.25, 0.3) is 11.1 Å². The van der Waals surface area contributed by atoms with Crippen LogP contribution < -0.4 is 11.1 Å². The molecule has 0 aliphatic rings. The SMILES string of the molecule is Cc1ccc(-c2[nH][nH]c(=O)c2C(c2cc(Br)c(C)c(Br)c2)c2c(-c3ccc(C)cc3)[nH][nH]c2=O)cc1. The Bertz CT molecular complexity index is 1550. The first kappa shape index (κ1) is 24.3. The van der Waals surface area contributed by atoms with Gasteiger partial charge in [-0.15, -0.1) is 0 Å². The average Bonchev–Trinajstić information content (AvgIpc) is 3.42. The van der Waals surface area contributed by atoms with E-state index in [4.69, 9.17) is 0 Å². The van der Waals surface area contributed by atoms with Crippen molar-refractivity contribution < 1.29 is 0 Å². The molecule has 36 heavy (non-hydrogen) atoms. The van der Waals surface area contributed by atoms with E-state index in [9.17, 15) is 9.59 Å². The van der Waals surface area contributed by atoms with Gasteiger partial charge in [0.15, 0.2) is 0 Å². The fourth-order valence-electron chi connectivity index (χ4n) is 4.49. The van der Waals surface area contributed by atoms with E-state index in [0.29, 0.717) is 22.5 Å². The van der Waals surface area contributed by atoms with Gasteiger partial charge < -0.3 is 0 Å². The third-order valence-electron chi connectivity index (χ3n) is 6.52. The van der Waals surface area contributed by atoms with Crippen LogP contribution in [-0.2, 0) is 0 Å². The monoisotopic (exact) mass is 606 g/mol. The van der Waals surface area contributed by atoms with Crippen LogP contribution in [0.4, 0.5) is 0 Å². The molecule has 5 aromatic rings. The molecule has 0 amide bonds. The third kappa shape index (κ3) is 4.35.